The van der Waals surface area contributed by atoms with Crippen LogP contribution in [0, 0.1) is 0 Å². The Labute approximate surface area is 508 Å². The summed E-state index contributed by atoms with van der Waals surface area (Å²) in [5, 5.41) is 0. The van der Waals surface area contributed by atoms with Crippen molar-refractivity contribution in [2.75, 3.05) is 24.6 Å². The van der Waals surface area contributed by atoms with Gasteiger partial charge in [0, 0.05) is 14.7 Å². The molecule has 4 nitrogen and oxygen atoms in total. The molecule has 0 rings (SSSR count). The summed E-state index contributed by atoms with van der Waals surface area (Å²) in [6.45, 7) is 9.09. The van der Waals surface area contributed by atoms with Crippen LogP contribution in [-0.2, 0) is 25.9 Å². The molecule has 0 aromatic rings. The zero-order valence-corrected chi connectivity index (χ0v) is 56.7. The van der Waals surface area contributed by atoms with Crippen molar-refractivity contribution in [1.29, 1.82) is 0 Å². The minimum atomic E-state index is -3.14. The van der Waals surface area contributed by atoms with Crippen LogP contribution in [0.25, 0.3) is 0 Å². The third-order valence-corrected chi connectivity index (χ3v) is 20.0. The van der Waals surface area contributed by atoms with Gasteiger partial charge in [-0.05, 0) is 153 Å². The largest absolute Gasteiger partial charge is 2.00 e. The summed E-state index contributed by atoms with van der Waals surface area (Å²) < 4.78 is 24.7. The van der Waals surface area contributed by atoms with Gasteiger partial charge in [0.05, 0.1) is 0 Å². The number of unbranched alkanes of at least 4 members (excludes halogenated alkanes) is 48. The van der Waals surface area contributed by atoms with Gasteiger partial charge in [-0.15, -0.1) is 0 Å². The van der Waals surface area contributed by atoms with E-state index in [9.17, 15) is 18.9 Å². The molecule has 0 aromatic heterocycles. The van der Waals surface area contributed by atoms with E-state index < -0.39 is 14.7 Å². The molecule has 0 unspecified atom stereocenters. The molecule has 0 aliphatic rings. The average molecular weight is 1190 g/mol. The molecule has 0 saturated carbocycles. The predicted molar refractivity (Wildman–Crippen MR) is 352 cm³/mol. The molecule has 0 aliphatic carbocycles. The van der Waals surface area contributed by atoms with Gasteiger partial charge in [0.2, 0.25) is 0 Å². The van der Waals surface area contributed by atoms with E-state index in [2.05, 4.69) is 76.3 Å². The molecule has 0 bridgehead atoms. The zero-order chi connectivity index (χ0) is 57.1. The summed E-state index contributed by atoms with van der Waals surface area (Å²) in [6, 6.07) is 0. The number of hydrogen-bond donors (Lipinski definition) is 0. The first kappa shape index (κ1) is 83.1. The van der Waals surface area contributed by atoms with Crippen LogP contribution in [-0.4, -0.2) is 24.6 Å². The smallest absolute Gasteiger partial charge is 0.799 e. The second-order valence-corrected chi connectivity index (χ2v) is 29.3. The normalized spacial score (nSPS) is 13.4. The van der Waals surface area contributed by atoms with Crippen LogP contribution in [0.5, 0.6) is 0 Å². The second-order valence-electron chi connectivity index (χ2n) is 24.3. The Morgan fingerprint density at radius 3 is 0.456 bits per heavy atom. The molecule has 79 heavy (non-hydrogen) atoms. The quantitative estimate of drug-likeness (QED) is 0.0345. The molecule has 0 spiro atoms. The second kappa shape index (κ2) is 72.1. The Morgan fingerprint density at radius 2 is 0.316 bits per heavy atom. The molecule has 0 aromatic carbocycles. The van der Waals surface area contributed by atoms with Gasteiger partial charge in [-0.25, -0.2) is 0 Å². The van der Waals surface area contributed by atoms with Crippen molar-refractivity contribution < 1.29 is 35.7 Å². The van der Waals surface area contributed by atoms with Gasteiger partial charge in [-0.3, -0.25) is 0 Å². The molecule has 471 valence electrons. The monoisotopic (exact) mass is 1190 g/mol. The maximum absolute atomic E-state index is 12.3. The molecule has 0 fully saturated rings. The Morgan fingerprint density at radius 1 is 0.203 bits per heavy atom. The average Bonchev–Trinajstić information content (AvgIpc) is 3.42. The minimum absolute atomic E-state index is 0. The topological polar surface area (TPSA) is 80.3 Å². The first-order valence-electron chi connectivity index (χ1n) is 35.4. The number of hydrogen-bond acceptors (Lipinski definition) is 4. The fourth-order valence-electron chi connectivity index (χ4n) is 10.6. The van der Waals surface area contributed by atoms with Crippen molar-refractivity contribution in [2.24, 2.45) is 0 Å². The van der Waals surface area contributed by atoms with Gasteiger partial charge in [-0.1, -0.05) is 307 Å². The third-order valence-electron chi connectivity index (χ3n) is 16.0. The van der Waals surface area contributed by atoms with E-state index in [4.69, 9.17) is 0 Å². The summed E-state index contributed by atoms with van der Waals surface area (Å²) in [4.78, 5) is 24.7. The van der Waals surface area contributed by atoms with Gasteiger partial charge >= 0.3 is 16.8 Å². The molecule has 7 heteroatoms. The zero-order valence-electron chi connectivity index (χ0n) is 53.9. The summed E-state index contributed by atoms with van der Waals surface area (Å²) in [6.07, 6.45) is 91.4. The molecule has 0 heterocycles. The fourth-order valence-corrected chi connectivity index (χ4v) is 13.9. The van der Waals surface area contributed by atoms with Crippen molar-refractivity contribution in [3.05, 3.63) is 48.6 Å². The van der Waals surface area contributed by atoms with Crippen molar-refractivity contribution in [1.82, 2.24) is 0 Å². The molecule has 0 aliphatic heterocycles. The van der Waals surface area contributed by atoms with Crippen molar-refractivity contribution in [2.45, 2.75) is 387 Å². The van der Waals surface area contributed by atoms with Crippen LogP contribution >= 0.6 is 14.7 Å². The van der Waals surface area contributed by atoms with Crippen LogP contribution in [0.1, 0.15) is 387 Å². The van der Waals surface area contributed by atoms with Crippen molar-refractivity contribution >= 4 is 14.7 Å². The van der Waals surface area contributed by atoms with E-state index in [1.807, 2.05) is 0 Å². The predicted octanol–water partition coefficient (Wildman–Crippen LogP) is 25.4. The van der Waals surface area contributed by atoms with E-state index in [1.54, 1.807) is 0 Å². The maximum atomic E-state index is 12.3. The fraction of sp³-hybridized carbons (Fsp3) is 0.889. The van der Waals surface area contributed by atoms with Gasteiger partial charge < -0.3 is 18.9 Å². The summed E-state index contributed by atoms with van der Waals surface area (Å²) in [5.74, 6) is 0. The molecule has 0 N–H and O–H groups in total. The Bertz CT molecular complexity index is 1150. The Kier molecular flexibility index (Phi) is 75.8. The van der Waals surface area contributed by atoms with Gasteiger partial charge in [0.25, 0.3) is 0 Å². The van der Waals surface area contributed by atoms with Crippen LogP contribution < -0.4 is 9.79 Å². The SMILES string of the molecule is CCCCCCCCC=CCCCCCCCCP(=O)([O-])CCCCCCCCC=CCCCCCCCC.CCCCCCCCC=CCCCCCCCCP(=O)([O-])CCCCCCCCC=CCCCCCCCC.[Co+2]. The number of rotatable bonds is 64. The van der Waals surface area contributed by atoms with Crippen LogP contribution in [0.15, 0.2) is 48.6 Å². The van der Waals surface area contributed by atoms with Crippen molar-refractivity contribution in [3.8, 4) is 0 Å². The molecule has 0 amide bonds. The molecule has 1 radical (unpaired) electrons. The van der Waals surface area contributed by atoms with E-state index in [-0.39, 0.29) is 16.8 Å². The summed E-state index contributed by atoms with van der Waals surface area (Å²) >= 11 is 0. The van der Waals surface area contributed by atoms with E-state index in [0.717, 1.165) is 51.4 Å². The molecule has 0 saturated heterocycles. The first-order chi connectivity index (χ1) is 38.2. The van der Waals surface area contributed by atoms with Crippen LogP contribution in [0.2, 0.25) is 0 Å². The van der Waals surface area contributed by atoms with Gasteiger partial charge in [0.15, 0.2) is 0 Å². The van der Waals surface area contributed by atoms with Gasteiger partial charge in [0.1, 0.15) is 0 Å². The Balaban J connectivity index is -0.00000144. The van der Waals surface area contributed by atoms with E-state index >= 15 is 0 Å². The molecular formula is C72H140CoO4P2. The van der Waals surface area contributed by atoms with Gasteiger partial charge in [-0.2, -0.15) is 0 Å². The van der Waals surface area contributed by atoms with E-state index in [0.29, 0.717) is 24.6 Å². The first-order valence-corrected chi connectivity index (χ1v) is 39.4. The van der Waals surface area contributed by atoms with E-state index in [1.165, 1.54) is 308 Å². The number of allylic oxidation sites excluding steroid dienone is 8. The molecule has 0 atom stereocenters. The maximum Gasteiger partial charge on any atom is 2.00 e. The van der Waals surface area contributed by atoms with Crippen LogP contribution in [0.4, 0.5) is 0 Å². The Hall–Kier alpha value is -0.154. The van der Waals surface area contributed by atoms with Crippen molar-refractivity contribution in [3.63, 3.8) is 0 Å². The summed E-state index contributed by atoms with van der Waals surface area (Å²) in [5.41, 5.74) is 0. The third kappa shape index (κ3) is 77.8. The molecular weight excluding hydrogens is 1050 g/mol. The minimum Gasteiger partial charge on any atom is -0.799 e. The standard InChI is InChI=1S/2C36H71O2P.Co/c2*1-3-5-7-9-11-13-15-17-19-21-23-25-27-29-31-33-35-39(37,38)36-34-32-30-28-26-24-22-20-18-16-14-12-10-8-6-4-2;/h2*17-20H,3-16,21-36H2,1-2H3,(H,37,38);/q;;+2/p-2. The van der Waals surface area contributed by atoms with Crippen LogP contribution in [0.3, 0.4) is 0 Å². The summed E-state index contributed by atoms with van der Waals surface area (Å²) in [7, 11) is -6.27.